The van der Waals surface area contributed by atoms with E-state index in [1.165, 1.54) is 65.8 Å². The summed E-state index contributed by atoms with van der Waals surface area (Å²) in [6, 6.07) is 20.5. The average molecular weight is 532 g/mol. The molecule has 2 atom stereocenters. The molecular weight excluding hydrogens is 497 g/mol. The Bertz CT molecular complexity index is 1900. The number of rotatable bonds is 5. The van der Waals surface area contributed by atoms with Gasteiger partial charge in [-0.25, -0.2) is 0 Å². The number of allylic oxidation sites excluding steroid dienone is 10. The van der Waals surface area contributed by atoms with Crippen LogP contribution in [0.4, 0.5) is 0 Å². The molecular formula is C38H34BNO. The van der Waals surface area contributed by atoms with Crippen molar-refractivity contribution < 1.29 is 0 Å². The van der Waals surface area contributed by atoms with Crippen molar-refractivity contribution in [3.63, 3.8) is 0 Å². The van der Waals surface area contributed by atoms with Gasteiger partial charge in [0.25, 0.3) is 0 Å². The van der Waals surface area contributed by atoms with Crippen LogP contribution in [-0.2, 0) is 0 Å². The van der Waals surface area contributed by atoms with Crippen molar-refractivity contribution in [3.8, 4) is 0 Å². The lowest BCUT2D eigenvalue weighted by Gasteiger charge is -2.21. The van der Waals surface area contributed by atoms with Gasteiger partial charge in [-0.3, -0.25) is 0 Å². The Kier molecular flexibility index (Phi) is 6.67. The van der Waals surface area contributed by atoms with E-state index in [-0.39, 0.29) is 6.85 Å². The van der Waals surface area contributed by atoms with Crippen LogP contribution in [0.15, 0.2) is 118 Å². The van der Waals surface area contributed by atoms with Gasteiger partial charge < -0.3 is 0 Å². The monoisotopic (exact) mass is 531 g/mol. The van der Waals surface area contributed by atoms with Gasteiger partial charge in [-0.15, -0.1) is 5.09 Å². The zero-order valence-corrected chi connectivity index (χ0v) is 23.8. The number of nitroso groups, excluding NO2 is 1. The summed E-state index contributed by atoms with van der Waals surface area (Å²) in [6.45, 7) is 3.92. The number of hydrogen-bond acceptors (Lipinski definition) is 2. The first-order valence-corrected chi connectivity index (χ1v) is 14.9. The van der Waals surface area contributed by atoms with Crippen molar-refractivity contribution in [2.45, 2.75) is 45.2 Å². The standard InChI is InChI=1S/C38H34BNO/c1-25-18-36-23-30(15-16-38(36)37(25)8-5-17-39(2)40-41)29-13-14-32-22-35-24-33-19-28-7-4-3-6-26(28)9-10-27(33)11-12-31(35)21-34(32)20-29/h3-9,11-16,19-22,24,27,30H,10,17-18,23H2,1-2H3/b8-5-. The van der Waals surface area contributed by atoms with Gasteiger partial charge in [0.2, 0.25) is 0 Å². The quantitative estimate of drug-likeness (QED) is 0.240. The Morgan fingerprint density at radius 2 is 1.76 bits per heavy atom. The summed E-state index contributed by atoms with van der Waals surface area (Å²) < 4.78 is 0. The second kappa shape index (κ2) is 10.6. The van der Waals surface area contributed by atoms with Gasteiger partial charge >= 0.3 is 6.85 Å². The number of hydrogen-bond donors (Lipinski definition) is 0. The first-order valence-electron chi connectivity index (χ1n) is 14.9. The zero-order valence-electron chi connectivity index (χ0n) is 23.8. The zero-order chi connectivity index (χ0) is 27.9. The van der Waals surface area contributed by atoms with Crippen molar-refractivity contribution >= 4 is 41.9 Å². The molecule has 0 saturated carbocycles. The molecule has 0 saturated heterocycles. The molecule has 200 valence electrons. The van der Waals surface area contributed by atoms with Crippen LogP contribution < -0.4 is 10.4 Å². The van der Waals surface area contributed by atoms with Crippen LogP contribution >= 0.6 is 0 Å². The Labute approximate surface area is 242 Å². The van der Waals surface area contributed by atoms with Gasteiger partial charge in [0.05, 0.1) is 0 Å². The largest absolute Gasteiger partial charge is 0.338 e. The minimum atomic E-state index is -0.175. The molecule has 0 N–H and O–H groups in total. The van der Waals surface area contributed by atoms with Crippen LogP contribution in [0.3, 0.4) is 0 Å². The smallest absolute Gasteiger partial charge is 0.168 e. The predicted octanol–water partition coefficient (Wildman–Crippen LogP) is 8.54. The SMILES string of the molecule is CB(C/C=C\C1=C(C)CC2=C1C=CC(c1ccc3cc4c(cc3c1)C=CC1CC=c3ccccc3=CC1=C4)C2)N=O. The maximum atomic E-state index is 10.7. The van der Waals surface area contributed by atoms with E-state index in [9.17, 15) is 4.91 Å². The van der Waals surface area contributed by atoms with E-state index >= 15 is 0 Å². The highest BCUT2D eigenvalue weighted by atomic mass is 16.2. The molecule has 0 radical (unpaired) electrons. The maximum absolute atomic E-state index is 10.7. The van der Waals surface area contributed by atoms with E-state index in [0.29, 0.717) is 18.2 Å². The van der Waals surface area contributed by atoms with Crippen molar-refractivity contribution in [1.29, 1.82) is 0 Å². The van der Waals surface area contributed by atoms with Gasteiger partial charge in [-0.1, -0.05) is 115 Å². The highest BCUT2D eigenvalue weighted by molar-refractivity contribution is 6.55. The lowest BCUT2D eigenvalue weighted by molar-refractivity contribution is 0.792. The maximum Gasteiger partial charge on any atom is 0.338 e. The molecule has 3 aromatic carbocycles. The van der Waals surface area contributed by atoms with E-state index in [1.54, 1.807) is 0 Å². The average Bonchev–Trinajstić information content (AvgIpc) is 3.09. The van der Waals surface area contributed by atoms with Gasteiger partial charge in [0, 0.05) is 11.8 Å². The molecule has 3 aromatic rings. The molecule has 2 unspecified atom stereocenters. The minimum absolute atomic E-state index is 0.175. The van der Waals surface area contributed by atoms with Crippen LogP contribution in [0, 0.1) is 10.8 Å². The van der Waals surface area contributed by atoms with Crippen LogP contribution in [0.1, 0.15) is 48.8 Å². The van der Waals surface area contributed by atoms with Crippen LogP contribution in [0.2, 0.25) is 13.1 Å². The second-order valence-electron chi connectivity index (χ2n) is 12.1. The van der Waals surface area contributed by atoms with E-state index in [4.69, 9.17) is 0 Å². The lowest BCUT2D eigenvalue weighted by Crippen LogP contribution is -2.22. The topological polar surface area (TPSA) is 29.4 Å². The molecule has 41 heavy (non-hydrogen) atoms. The Hall–Kier alpha value is -4.24. The number of fused-ring (bicyclic) bond motifs is 4. The van der Waals surface area contributed by atoms with E-state index in [1.807, 2.05) is 6.82 Å². The predicted molar refractivity (Wildman–Crippen MR) is 176 cm³/mol. The first-order chi connectivity index (χ1) is 20.1. The first kappa shape index (κ1) is 25.7. The summed E-state index contributed by atoms with van der Waals surface area (Å²) in [7, 11) is 0. The highest BCUT2D eigenvalue weighted by Crippen LogP contribution is 2.43. The summed E-state index contributed by atoms with van der Waals surface area (Å²) in [5, 5.41) is 8.36. The fraction of sp³-hybridized carbons (Fsp3) is 0.211. The molecule has 7 rings (SSSR count). The van der Waals surface area contributed by atoms with Crippen molar-refractivity contribution in [1.82, 2.24) is 0 Å². The van der Waals surface area contributed by atoms with E-state index < -0.39 is 0 Å². The Balaban J connectivity index is 1.16. The molecule has 3 heteroatoms. The lowest BCUT2D eigenvalue weighted by atomic mass is 9.63. The third-order valence-corrected chi connectivity index (χ3v) is 9.18. The summed E-state index contributed by atoms with van der Waals surface area (Å²) in [5.74, 6) is 0.790. The molecule has 4 aliphatic carbocycles. The Morgan fingerprint density at radius 1 is 0.927 bits per heavy atom. The summed E-state index contributed by atoms with van der Waals surface area (Å²) in [5.41, 5.74) is 11.0. The molecule has 0 bridgehead atoms. The highest BCUT2D eigenvalue weighted by Gasteiger charge is 2.25. The molecule has 0 amide bonds. The molecule has 0 aliphatic heterocycles. The molecule has 0 heterocycles. The van der Waals surface area contributed by atoms with E-state index in [0.717, 1.165) is 19.3 Å². The molecule has 0 aromatic heterocycles. The molecule has 4 aliphatic rings. The molecule has 0 spiro atoms. The third-order valence-electron chi connectivity index (χ3n) is 9.18. The summed E-state index contributed by atoms with van der Waals surface area (Å²) >= 11 is 0. The molecule has 0 fully saturated rings. The van der Waals surface area contributed by atoms with Gasteiger partial charge in [-0.2, -0.15) is 4.91 Å². The van der Waals surface area contributed by atoms with Crippen molar-refractivity contribution in [2.24, 2.45) is 11.0 Å². The van der Waals surface area contributed by atoms with Gasteiger partial charge in [0.15, 0.2) is 0 Å². The van der Waals surface area contributed by atoms with Crippen LogP contribution in [-0.4, -0.2) is 6.85 Å². The third kappa shape index (κ3) is 4.95. The number of nitrogens with zero attached hydrogens (tertiary/aromatic N) is 1. The summed E-state index contributed by atoms with van der Waals surface area (Å²) in [4.78, 5) is 10.7. The summed E-state index contributed by atoms with van der Waals surface area (Å²) in [6.07, 6.45) is 24.7. The molecule has 2 nitrogen and oxygen atoms in total. The van der Waals surface area contributed by atoms with Crippen molar-refractivity contribution in [2.75, 3.05) is 0 Å². The number of benzene rings is 3. The van der Waals surface area contributed by atoms with Crippen LogP contribution in [0.5, 0.6) is 0 Å². The fourth-order valence-corrected chi connectivity index (χ4v) is 6.85. The normalized spacial score (nSPS) is 20.9. The van der Waals surface area contributed by atoms with E-state index in [2.05, 4.69) is 121 Å². The Morgan fingerprint density at radius 3 is 2.63 bits per heavy atom. The second-order valence-corrected chi connectivity index (χ2v) is 12.1. The van der Waals surface area contributed by atoms with Crippen molar-refractivity contribution in [3.05, 3.63) is 145 Å². The van der Waals surface area contributed by atoms with Crippen LogP contribution in [0.25, 0.3) is 35.1 Å². The fourth-order valence-electron chi connectivity index (χ4n) is 6.85. The minimum Gasteiger partial charge on any atom is -0.168 e. The van der Waals surface area contributed by atoms with Gasteiger partial charge in [-0.05, 0) is 99.3 Å². The van der Waals surface area contributed by atoms with Gasteiger partial charge in [0.1, 0.15) is 0 Å².